The van der Waals surface area contributed by atoms with Gasteiger partial charge < -0.3 is 10.1 Å². The molecule has 33 heavy (non-hydrogen) atoms. The van der Waals surface area contributed by atoms with Crippen LogP contribution in [0, 0.1) is 6.92 Å². The predicted octanol–water partition coefficient (Wildman–Crippen LogP) is 6.72. The Morgan fingerprint density at radius 3 is 2.52 bits per heavy atom. The molecule has 2 aromatic carbocycles. The second-order valence-electron chi connectivity index (χ2n) is 8.22. The average Bonchev–Trinajstić information content (AvgIpc) is 2.98. The number of aryl methyl sites for hydroxylation is 1. The molecule has 0 bridgehead atoms. The van der Waals surface area contributed by atoms with Crippen molar-refractivity contribution in [3.8, 4) is 16.2 Å². The van der Waals surface area contributed by atoms with Crippen molar-refractivity contribution < 1.29 is 13.2 Å². The van der Waals surface area contributed by atoms with Gasteiger partial charge in [-0.1, -0.05) is 60.8 Å². The molecule has 0 radical (unpaired) electrons. The van der Waals surface area contributed by atoms with Crippen molar-refractivity contribution in [1.82, 2.24) is 4.98 Å². The third kappa shape index (κ3) is 5.62. The van der Waals surface area contributed by atoms with Gasteiger partial charge in [0.1, 0.15) is 10.6 Å². The lowest BCUT2D eigenvalue weighted by Gasteiger charge is -2.15. The zero-order valence-corrected chi connectivity index (χ0v) is 21.1. The molecule has 0 saturated heterocycles. The molecule has 1 saturated carbocycles. The number of anilines is 2. The second-order valence-corrected chi connectivity index (χ2v) is 11.3. The van der Waals surface area contributed by atoms with Crippen molar-refractivity contribution in [2.45, 2.75) is 56.4 Å². The molecule has 4 rings (SSSR count). The minimum Gasteiger partial charge on any atom is -0.495 e. The van der Waals surface area contributed by atoms with Crippen LogP contribution in [0.5, 0.6) is 5.75 Å². The fraction of sp³-hybridized carbons (Fsp3) is 0.375. The Kier molecular flexibility index (Phi) is 7.46. The third-order valence-corrected chi connectivity index (χ3v) is 8.67. The fourth-order valence-electron chi connectivity index (χ4n) is 4.10. The van der Waals surface area contributed by atoms with Gasteiger partial charge in [0.25, 0.3) is 10.0 Å². The first-order chi connectivity index (χ1) is 15.9. The molecule has 0 spiro atoms. The maximum Gasteiger partial charge on any atom is 0.265 e. The van der Waals surface area contributed by atoms with Crippen molar-refractivity contribution in [2.75, 3.05) is 17.1 Å². The number of para-hydroxylation sites is 1. The molecule has 1 heterocycles. The average molecular weight is 506 g/mol. The van der Waals surface area contributed by atoms with Gasteiger partial charge >= 0.3 is 0 Å². The molecule has 0 aliphatic heterocycles. The SMILES string of the molecule is COc1ccc(-c2sc(NC3CCCCCC3)nc2C)cc1S(=O)(=O)Nc1ccccc1Cl. The second kappa shape index (κ2) is 10.3. The molecule has 3 aromatic rings. The number of methoxy groups -OCH3 is 1. The van der Waals surface area contributed by atoms with Gasteiger partial charge in [-0.25, -0.2) is 13.4 Å². The molecule has 0 unspecified atom stereocenters. The van der Waals surface area contributed by atoms with Crippen LogP contribution in [0.1, 0.15) is 44.2 Å². The molecule has 0 amide bonds. The van der Waals surface area contributed by atoms with E-state index in [0.29, 0.717) is 16.8 Å². The quantitative estimate of drug-likeness (QED) is 0.348. The maximum atomic E-state index is 13.2. The molecule has 1 aliphatic carbocycles. The monoisotopic (exact) mass is 505 g/mol. The number of thiazole rings is 1. The summed E-state index contributed by atoms with van der Waals surface area (Å²) in [7, 11) is -2.48. The number of nitrogens with one attached hydrogen (secondary N) is 2. The van der Waals surface area contributed by atoms with Crippen molar-refractivity contribution in [2.24, 2.45) is 0 Å². The number of sulfonamides is 1. The van der Waals surface area contributed by atoms with Crippen molar-refractivity contribution >= 4 is 43.8 Å². The first-order valence-corrected chi connectivity index (χ1v) is 13.7. The summed E-state index contributed by atoms with van der Waals surface area (Å²) in [5.74, 6) is 0.261. The summed E-state index contributed by atoms with van der Waals surface area (Å²) in [5.41, 5.74) is 1.96. The van der Waals surface area contributed by atoms with Crippen molar-refractivity contribution in [1.29, 1.82) is 0 Å². The molecular formula is C24H28ClN3O3S2. The smallest absolute Gasteiger partial charge is 0.265 e. The van der Waals surface area contributed by atoms with E-state index in [1.807, 2.05) is 13.0 Å². The van der Waals surface area contributed by atoms with Crippen LogP contribution in [-0.2, 0) is 10.0 Å². The van der Waals surface area contributed by atoms with E-state index in [-0.39, 0.29) is 10.6 Å². The Balaban J connectivity index is 1.64. The standard InChI is InChI=1S/C24H28ClN3O3S2/c1-16-23(32-24(26-16)27-18-9-5-3-4-6-10-18)17-13-14-21(31-2)22(15-17)33(29,30)28-20-12-8-7-11-19(20)25/h7-8,11-15,18,28H,3-6,9-10H2,1-2H3,(H,26,27). The van der Waals surface area contributed by atoms with E-state index in [4.69, 9.17) is 21.3 Å². The predicted molar refractivity (Wildman–Crippen MR) is 136 cm³/mol. The fourth-order valence-corrected chi connectivity index (χ4v) is 6.65. The summed E-state index contributed by atoms with van der Waals surface area (Å²) in [6.07, 6.45) is 7.40. The Bertz CT molecular complexity index is 1220. The molecule has 1 aromatic heterocycles. The largest absolute Gasteiger partial charge is 0.495 e. The lowest BCUT2D eigenvalue weighted by atomic mass is 10.1. The zero-order valence-electron chi connectivity index (χ0n) is 18.7. The highest BCUT2D eigenvalue weighted by Crippen LogP contribution is 2.38. The van der Waals surface area contributed by atoms with E-state index in [2.05, 4.69) is 10.0 Å². The lowest BCUT2D eigenvalue weighted by Crippen LogP contribution is -2.17. The van der Waals surface area contributed by atoms with Crippen LogP contribution in [0.4, 0.5) is 10.8 Å². The number of halogens is 1. The molecule has 1 fully saturated rings. The van der Waals surface area contributed by atoms with Crippen LogP contribution in [0.3, 0.4) is 0 Å². The van der Waals surface area contributed by atoms with Crippen LogP contribution in [0.2, 0.25) is 5.02 Å². The van der Waals surface area contributed by atoms with Crippen LogP contribution >= 0.6 is 22.9 Å². The molecule has 1 aliphatic rings. The van der Waals surface area contributed by atoms with E-state index in [1.165, 1.54) is 32.8 Å². The number of aromatic nitrogens is 1. The Labute approximate surface area is 204 Å². The molecule has 9 heteroatoms. The number of hydrogen-bond donors (Lipinski definition) is 2. The Morgan fingerprint density at radius 2 is 1.82 bits per heavy atom. The topological polar surface area (TPSA) is 80.3 Å². The third-order valence-electron chi connectivity index (χ3n) is 5.81. The van der Waals surface area contributed by atoms with Gasteiger partial charge in [-0.15, -0.1) is 0 Å². The number of rotatable bonds is 7. The van der Waals surface area contributed by atoms with Gasteiger partial charge in [0, 0.05) is 6.04 Å². The summed E-state index contributed by atoms with van der Waals surface area (Å²) in [6.45, 7) is 1.95. The summed E-state index contributed by atoms with van der Waals surface area (Å²) in [4.78, 5) is 5.70. The number of nitrogens with zero attached hydrogens (tertiary/aromatic N) is 1. The molecular weight excluding hydrogens is 478 g/mol. The highest BCUT2D eigenvalue weighted by molar-refractivity contribution is 7.92. The van der Waals surface area contributed by atoms with Crippen molar-refractivity contribution in [3.05, 3.63) is 53.2 Å². The van der Waals surface area contributed by atoms with Crippen LogP contribution < -0.4 is 14.8 Å². The number of hydrogen-bond acceptors (Lipinski definition) is 6. The highest BCUT2D eigenvalue weighted by atomic mass is 35.5. The Hall–Kier alpha value is -2.29. The molecule has 0 atom stereocenters. The molecule has 2 N–H and O–H groups in total. The summed E-state index contributed by atoms with van der Waals surface area (Å²) in [5, 5.41) is 4.80. The van der Waals surface area contributed by atoms with Gasteiger partial charge in [-0.05, 0) is 55.7 Å². The first kappa shape index (κ1) is 23.9. The summed E-state index contributed by atoms with van der Waals surface area (Å²) < 4.78 is 34.4. The van der Waals surface area contributed by atoms with Crippen molar-refractivity contribution in [3.63, 3.8) is 0 Å². The van der Waals surface area contributed by atoms with Gasteiger partial charge in [0.2, 0.25) is 0 Å². The van der Waals surface area contributed by atoms with Gasteiger partial charge in [0.05, 0.1) is 28.4 Å². The van der Waals surface area contributed by atoms with Crippen LogP contribution in [0.15, 0.2) is 47.4 Å². The zero-order chi connectivity index (χ0) is 23.4. The van der Waals surface area contributed by atoms with Crippen LogP contribution in [0.25, 0.3) is 10.4 Å². The van der Waals surface area contributed by atoms with E-state index in [9.17, 15) is 8.42 Å². The van der Waals surface area contributed by atoms with E-state index >= 15 is 0 Å². The summed E-state index contributed by atoms with van der Waals surface area (Å²) >= 11 is 7.71. The van der Waals surface area contributed by atoms with E-state index in [1.54, 1.807) is 47.7 Å². The van der Waals surface area contributed by atoms with Gasteiger partial charge in [0.15, 0.2) is 5.13 Å². The maximum absolute atomic E-state index is 13.2. The Morgan fingerprint density at radius 1 is 1.09 bits per heavy atom. The highest BCUT2D eigenvalue weighted by Gasteiger charge is 2.23. The lowest BCUT2D eigenvalue weighted by molar-refractivity contribution is 0.403. The molecule has 176 valence electrons. The van der Waals surface area contributed by atoms with E-state index in [0.717, 1.165) is 34.1 Å². The normalized spacial score (nSPS) is 15.1. The summed E-state index contributed by atoms with van der Waals surface area (Å²) in [6, 6.07) is 12.3. The first-order valence-electron chi connectivity index (χ1n) is 11.1. The number of benzene rings is 2. The van der Waals surface area contributed by atoms with Gasteiger partial charge in [-0.3, -0.25) is 4.72 Å². The molecule has 6 nitrogen and oxygen atoms in total. The minimum absolute atomic E-state index is 0.0495. The minimum atomic E-state index is -3.93. The van der Waals surface area contributed by atoms with Gasteiger partial charge in [-0.2, -0.15) is 0 Å². The van der Waals surface area contributed by atoms with E-state index < -0.39 is 10.0 Å². The van der Waals surface area contributed by atoms with Crippen LogP contribution in [-0.4, -0.2) is 26.6 Å². The number of ether oxygens (including phenoxy) is 1.